The Hall–Kier alpha value is -3.18. The Balaban J connectivity index is 1.33. The number of benzene rings is 3. The molecule has 1 atom stereocenters. The first kappa shape index (κ1) is 21.1. The number of aryl methyl sites for hydroxylation is 1. The Labute approximate surface area is 183 Å². The Morgan fingerprint density at radius 1 is 0.903 bits per heavy atom. The van der Waals surface area contributed by atoms with Gasteiger partial charge >= 0.3 is 0 Å². The standard InChI is InChI=1S/C26H29N3O2/c1-19-8-3-4-10-22(19)18-25(30)29-16-14-28(15-17-29)20(2)26(31)27-24-13-7-11-21-9-5-6-12-23(21)24/h3-13,20H,14-18H2,1-2H3,(H,27,31). The molecule has 160 valence electrons. The van der Waals surface area contributed by atoms with Crippen molar-refractivity contribution >= 4 is 28.3 Å². The van der Waals surface area contributed by atoms with Crippen molar-refractivity contribution in [2.75, 3.05) is 31.5 Å². The van der Waals surface area contributed by atoms with Gasteiger partial charge < -0.3 is 10.2 Å². The molecular formula is C26H29N3O2. The number of hydrogen-bond donors (Lipinski definition) is 1. The van der Waals surface area contributed by atoms with Crippen LogP contribution in [0.2, 0.25) is 0 Å². The van der Waals surface area contributed by atoms with Crippen LogP contribution in [0.5, 0.6) is 0 Å². The van der Waals surface area contributed by atoms with Crippen LogP contribution >= 0.6 is 0 Å². The van der Waals surface area contributed by atoms with Gasteiger partial charge in [0, 0.05) is 37.3 Å². The van der Waals surface area contributed by atoms with Gasteiger partial charge in [-0.3, -0.25) is 14.5 Å². The zero-order chi connectivity index (χ0) is 21.8. The van der Waals surface area contributed by atoms with Crippen LogP contribution in [0.4, 0.5) is 5.69 Å². The number of carbonyl (C=O) groups is 2. The Morgan fingerprint density at radius 2 is 1.58 bits per heavy atom. The molecule has 5 nitrogen and oxygen atoms in total. The van der Waals surface area contributed by atoms with E-state index < -0.39 is 0 Å². The van der Waals surface area contributed by atoms with Gasteiger partial charge in [-0.15, -0.1) is 0 Å². The smallest absolute Gasteiger partial charge is 0.241 e. The number of fused-ring (bicyclic) bond motifs is 1. The second kappa shape index (κ2) is 9.31. The third-order valence-corrected chi connectivity index (χ3v) is 6.24. The summed E-state index contributed by atoms with van der Waals surface area (Å²) in [6.45, 7) is 6.67. The molecule has 1 saturated heterocycles. The summed E-state index contributed by atoms with van der Waals surface area (Å²) in [5.41, 5.74) is 3.06. The van der Waals surface area contributed by atoms with Crippen molar-refractivity contribution < 1.29 is 9.59 Å². The van der Waals surface area contributed by atoms with E-state index in [-0.39, 0.29) is 17.9 Å². The van der Waals surface area contributed by atoms with Gasteiger partial charge in [-0.05, 0) is 36.4 Å². The van der Waals surface area contributed by atoms with Crippen LogP contribution in [0.3, 0.4) is 0 Å². The lowest BCUT2D eigenvalue weighted by atomic mass is 10.0. The minimum absolute atomic E-state index is 0.0176. The van der Waals surface area contributed by atoms with E-state index in [9.17, 15) is 9.59 Å². The maximum Gasteiger partial charge on any atom is 0.241 e. The van der Waals surface area contributed by atoms with E-state index in [1.54, 1.807) is 0 Å². The van der Waals surface area contributed by atoms with Gasteiger partial charge in [0.2, 0.25) is 11.8 Å². The number of nitrogens with zero attached hydrogens (tertiary/aromatic N) is 2. The predicted octanol–water partition coefficient (Wildman–Crippen LogP) is 3.86. The van der Waals surface area contributed by atoms with E-state index in [2.05, 4.69) is 10.2 Å². The highest BCUT2D eigenvalue weighted by molar-refractivity contribution is 6.03. The van der Waals surface area contributed by atoms with Crippen LogP contribution in [-0.4, -0.2) is 53.8 Å². The molecule has 1 heterocycles. The van der Waals surface area contributed by atoms with E-state index in [0.29, 0.717) is 32.6 Å². The molecule has 0 radical (unpaired) electrons. The predicted molar refractivity (Wildman–Crippen MR) is 125 cm³/mol. The van der Waals surface area contributed by atoms with Gasteiger partial charge in [0.15, 0.2) is 0 Å². The largest absolute Gasteiger partial charge is 0.340 e. The number of anilines is 1. The van der Waals surface area contributed by atoms with Crippen LogP contribution in [0.1, 0.15) is 18.1 Å². The van der Waals surface area contributed by atoms with Crippen molar-refractivity contribution in [2.45, 2.75) is 26.3 Å². The van der Waals surface area contributed by atoms with E-state index in [4.69, 9.17) is 0 Å². The zero-order valence-electron chi connectivity index (χ0n) is 18.2. The van der Waals surface area contributed by atoms with Gasteiger partial charge in [0.1, 0.15) is 0 Å². The second-order valence-electron chi connectivity index (χ2n) is 8.21. The molecule has 1 aliphatic heterocycles. The molecular weight excluding hydrogens is 386 g/mol. The molecule has 2 amide bonds. The van der Waals surface area contributed by atoms with Crippen LogP contribution in [0, 0.1) is 6.92 Å². The minimum Gasteiger partial charge on any atom is -0.340 e. The van der Waals surface area contributed by atoms with Crippen LogP contribution in [-0.2, 0) is 16.0 Å². The Morgan fingerprint density at radius 3 is 2.35 bits per heavy atom. The van der Waals surface area contributed by atoms with Crippen molar-refractivity contribution in [3.8, 4) is 0 Å². The molecule has 31 heavy (non-hydrogen) atoms. The van der Waals surface area contributed by atoms with E-state index in [0.717, 1.165) is 27.6 Å². The summed E-state index contributed by atoms with van der Waals surface area (Å²) in [7, 11) is 0. The maximum absolute atomic E-state index is 12.9. The number of rotatable bonds is 5. The molecule has 3 aromatic rings. The number of hydrogen-bond acceptors (Lipinski definition) is 3. The summed E-state index contributed by atoms with van der Waals surface area (Å²) in [5.74, 6) is 0.137. The molecule has 1 fully saturated rings. The molecule has 0 aromatic heterocycles. The highest BCUT2D eigenvalue weighted by atomic mass is 16.2. The summed E-state index contributed by atoms with van der Waals surface area (Å²) < 4.78 is 0. The zero-order valence-corrected chi connectivity index (χ0v) is 18.2. The highest BCUT2D eigenvalue weighted by Crippen LogP contribution is 2.23. The molecule has 0 saturated carbocycles. The lowest BCUT2D eigenvalue weighted by molar-refractivity contribution is -0.133. The monoisotopic (exact) mass is 415 g/mol. The van der Waals surface area contributed by atoms with Gasteiger partial charge in [0.25, 0.3) is 0 Å². The molecule has 1 aliphatic rings. The van der Waals surface area contributed by atoms with Crippen LogP contribution in [0.15, 0.2) is 66.7 Å². The van der Waals surface area contributed by atoms with E-state index >= 15 is 0 Å². The Kier molecular flexibility index (Phi) is 6.33. The molecule has 1 N–H and O–H groups in total. The lowest BCUT2D eigenvalue weighted by Gasteiger charge is -2.37. The van der Waals surface area contributed by atoms with Crippen molar-refractivity contribution in [2.24, 2.45) is 0 Å². The summed E-state index contributed by atoms with van der Waals surface area (Å²) in [6.07, 6.45) is 0.434. The summed E-state index contributed by atoms with van der Waals surface area (Å²) in [4.78, 5) is 29.7. The van der Waals surface area contributed by atoms with Crippen molar-refractivity contribution in [1.29, 1.82) is 0 Å². The van der Waals surface area contributed by atoms with Gasteiger partial charge in [-0.2, -0.15) is 0 Å². The molecule has 3 aromatic carbocycles. The highest BCUT2D eigenvalue weighted by Gasteiger charge is 2.27. The van der Waals surface area contributed by atoms with E-state index in [1.807, 2.05) is 85.5 Å². The van der Waals surface area contributed by atoms with Crippen molar-refractivity contribution in [1.82, 2.24) is 9.80 Å². The van der Waals surface area contributed by atoms with Gasteiger partial charge in [-0.25, -0.2) is 0 Å². The fraction of sp³-hybridized carbons (Fsp3) is 0.308. The van der Waals surface area contributed by atoms with Crippen LogP contribution < -0.4 is 5.32 Å². The summed E-state index contributed by atoms with van der Waals surface area (Å²) >= 11 is 0. The molecule has 0 bridgehead atoms. The first-order valence-corrected chi connectivity index (χ1v) is 10.9. The number of piperazine rings is 1. The minimum atomic E-state index is -0.257. The molecule has 5 heteroatoms. The van der Waals surface area contributed by atoms with E-state index in [1.165, 1.54) is 0 Å². The van der Waals surface area contributed by atoms with Crippen molar-refractivity contribution in [3.63, 3.8) is 0 Å². The lowest BCUT2D eigenvalue weighted by Crippen LogP contribution is -2.54. The van der Waals surface area contributed by atoms with Crippen LogP contribution in [0.25, 0.3) is 10.8 Å². The fourth-order valence-corrected chi connectivity index (χ4v) is 4.18. The van der Waals surface area contributed by atoms with Crippen molar-refractivity contribution in [3.05, 3.63) is 77.9 Å². The summed E-state index contributed by atoms with van der Waals surface area (Å²) in [6, 6.07) is 21.8. The molecule has 4 rings (SSSR count). The third-order valence-electron chi connectivity index (χ3n) is 6.24. The molecule has 0 spiro atoms. The summed E-state index contributed by atoms with van der Waals surface area (Å²) in [5, 5.41) is 5.24. The molecule has 0 aliphatic carbocycles. The number of amides is 2. The number of nitrogens with one attached hydrogen (secondary N) is 1. The van der Waals surface area contributed by atoms with Gasteiger partial charge in [-0.1, -0.05) is 60.7 Å². The van der Waals surface area contributed by atoms with Gasteiger partial charge in [0.05, 0.1) is 12.5 Å². The SMILES string of the molecule is Cc1ccccc1CC(=O)N1CCN(C(C)C(=O)Nc2cccc3ccccc23)CC1. The fourth-order valence-electron chi connectivity index (χ4n) is 4.18. The Bertz CT molecular complexity index is 1080. The second-order valence-corrected chi connectivity index (χ2v) is 8.21. The normalized spacial score (nSPS) is 15.6. The average molecular weight is 416 g/mol. The first-order chi connectivity index (χ1) is 15.0. The molecule has 1 unspecified atom stereocenters. The quantitative estimate of drug-likeness (QED) is 0.688. The first-order valence-electron chi connectivity index (χ1n) is 10.9. The topological polar surface area (TPSA) is 52.7 Å². The number of carbonyl (C=O) groups excluding carboxylic acids is 2. The maximum atomic E-state index is 12.9. The average Bonchev–Trinajstić information content (AvgIpc) is 2.80. The third kappa shape index (κ3) is 4.78.